The van der Waals surface area contributed by atoms with Crippen molar-refractivity contribution in [1.82, 2.24) is 5.32 Å². The zero-order valence-corrected chi connectivity index (χ0v) is 16.3. The van der Waals surface area contributed by atoms with Gasteiger partial charge in [-0.1, -0.05) is 82.8 Å². The Balaban J connectivity index is 2.27. The highest BCUT2D eigenvalue weighted by atomic mass is 35.6. The molecule has 0 aromatic heterocycles. The largest absolute Gasteiger partial charge is 0.335 e. The van der Waals surface area contributed by atoms with Gasteiger partial charge in [0.1, 0.15) is 0 Å². The van der Waals surface area contributed by atoms with Crippen molar-refractivity contribution in [2.24, 2.45) is 0 Å². The van der Waals surface area contributed by atoms with Crippen LogP contribution in [0.2, 0.25) is 0 Å². The highest BCUT2D eigenvalue weighted by Crippen LogP contribution is 2.35. The monoisotopic (exact) mass is 419 g/mol. The number of rotatable bonds is 5. The predicted molar refractivity (Wildman–Crippen MR) is 101 cm³/mol. The van der Waals surface area contributed by atoms with E-state index in [9.17, 15) is 13.2 Å². The molecule has 0 unspecified atom stereocenters. The Kier molecular flexibility index (Phi) is 6.38. The summed E-state index contributed by atoms with van der Waals surface area (Å²) < 4.78 is 23.4. The number of halogens is 3. The highest BCUT2D eigenvalue weighted by molar-refractivity contribution is 7.92. The first-order valence-corrected chi connectivity index (χ1v) is 9.99. The van der Waals surface area contributed by atoms with Gasteiger partial charge in [-0.05, 0) is 24.6 Å². The zero-order valence-electron chi connectivity index (χ0n) is 13.2. The van der Waals surface area contributed by atoms with E-state index in [0.717, 1.165) is 11.1 Å². The SMILES string of the molecule is Cc1ccc(S(=O)(=O)[C@@H](NC(=O)Cc2ccccc2)C(Cl)(Cl)Cl)cc1. The van der Waals surface area contributed by atoms with Crippen LogP contribution in [0.25, 0.3) is 0 Å². The van der Waals surface area contributed by atoms with Gasteiger partial charge in [0.15, 0.2) is 5.37 Å². The molecule has 0 saturated heterocycles. The summed E-state index contributed by atoms with van der Waals surface area (Å²) in [5.74, 6) is -0.557. The van der Waals surface area contributed by atoms with Crippen LogP contribution in [0.3, 0.4) is 0 Å². The molecule has 2 aromatic rings. The van der Waals surface area contributed by atoms with Crippen molar-refractivity contribution in [2.45, 2.75) is 27.4 Å². The third-order valence-corrected chi connectivity index (χ3v) is 6.52. The maximum absolute atomic E-state index is 12.8. The Morgan fingerprint density at radius 3 is 2.12 bits per heavy atom. The molecule has 8 heteroatoms. The average Bonchev–Trinajstić information content (AvgIpc) is 2.53. The molecule has 0 aliphatic rings. The van der Waals surface area contributed by atoms with Gasteiger partial charge in [-0.2, -0.15) is 0 Å². The van der Waals surface area contributed by atoms with E-state index in [0.29, 0.717) is 0 Å². The fourth-order valence-electron chi connectivity index (χ4n) is 2.18. The van der Waals surface area contributed by atoms with Crippen LogP contribution in [0.1, 0.15) is 11.1 Å². The molecule has 4 nitrogen and oxygen atoms in total. The molecule has 0 aliphatic heterocycles. The van der Waals surface area contributed by atoms with E-state index in [-0.39, 0.29) is 11.3 Å². The first-order chi connectivity index (χ1) is 11.6. The number of aryl methyl sites for hydroxylation is 1. The summed E-state index contributed by atoms with van der Waals surface area (Å²) in [7, 11) is -4.09. The molecule has 1 N–H and O–H groups in total. The summed E-state index contributed by atoms with van der Waals surface area (Å²) in [5, 5.41) is 0.631. The smallest absolute Gasteiger partial charge is 0.225 e. The number of amides is 1. The summed E-state index contributed by atoms with van der Waals surface area (Å²) in [6.45, 7) is 1.82. The van der Waals surface area contributed by atoms with Gasteiger partial charge in [0.25, 0.3) is 0 Å². The number of hydrogen-bond acceptors (Lipinski definition) is 3. The summed E-state index contributed by atoms with van der Waals surface area (Å²) in [6.07, 6.45) is -0.0263. The first kappa shape index (κ1) is 20.0. The minimum Gasteiger partial charge on any atom is -0.335 e. The summed E-state index contributed by atoms with van der Waals surface area (Å²) >= 11 is 17.5. The lowest BCUT2D eigenvalue weighted by molar-refractivity contribution is -0.120. The van der Waals surface area contributed by atoms with Gasteiger partial charge >= 0.3 is 0 Å². The standard InChI is InChI=1S/C17H16Cl3NO3S/c1-12-7-9-14(10-8-12)25(23,24)16(17(18,19)20)21-15(22)11-13-5-3-2-4-6-13/h2-10,16H,11H2,1H3,(H,21,22)/t16-/m1/s1. The molecule has 0 fully saturated rings. The molecule has 0 saturated carbocycles. The molecule has 0 bridgehead atoms. The maximum Gasteiger partial charge on any atom is 0.225 e. The quantitative estimate of drug-likeness (QED) is 0.748. The second-order valence-electron chi connectivity index (χ2n) is 5.51. The maximum atomic E-state index is 12.8. The molecular formula is C17H16Cl3NO3S. The van der Waals surface area contributed by atoms with Crippen LogP contribution >= 0.6 is 34.8 Å². The fraction of sp³-hybridized carbons (Fsp3) is 0.235. The third kappa shape index (κ3) is 5.35. The Morgan fingerprint density at radius 1 is 1.04 bits per heavy atom. The second-order valence-corrected chi connectivity index (χ2v) is 9.91. The van der Waals surface area contributed by atoms with Crippen molar-refractivity contribution >= 4 is 50.5 Å². The van der Waals surface area contributed by atoms with Crippen molar-refractivity contribution in [1.29, 1.82) is 0 Å². The number of hydrogen-bond donors (Lipinski definition) is 1. The fourth-order valence-corrected chi connectivity index (χ4v) is 4.82. The average molecular weight is 421 g/mol. The van der Waals surface area contributed by atoms with Crippen molar-refractivity contribution in [3.8, 4) is 0 Å². The number of alkyl halides is 3. The van der Waals surface area contributed by atoms with Gasteiger partial charge in [-0.15, -0.1) is 0 Å². The lowest BCUT2D eigenvalue weighted by Crippen LogP contribution is -2.49. The lowest BCUT2D eigenvalue weighted by atomic mass is 10.1. The molecule has 25 heavy (non-hydrogen) atoms. The predicted octanol–water partition coefficient (Wildman–Crippen LogP) is 3.82. The van der Waals surface area contributed by atoms with Crippen LogP contribution in [0.5, 0.6) is 0 Å². The summed E-state index contributed by atoms with van der Waals surface area (Å²) in [5.41, 5.74) is 1.60. The Morgan fingerprint density at radius 2 is 1.60 bits per heavy atom. The number of sulfone groups is 1. The minimum atomic E-state index is -4.09. The highest BCUT2D eigenvalue weighted by Gasteiger charge is 2.44. The molecule has 0 spiro atoms. The molecule has 0 heterocycles. The van der Waals surface area contributed by atoms with E-state index >= 15 is 0 Å². The van der Waals surface area contributed by atoms with Crippen LogP contribution in [0, 0.1) is 6.92 Å². The van der Waals surface area contributed by atoms with Gasteiger partial charge in [0, 0.05) is 0 Å². The van der Waals surface area contributed by atoms with Crippen LogP contribution in [0.15, 0.2) is 59.5 Å². The molecule has 2 aromatic carbocycles. The topological polar surface area (TPSA) is 63.2 Å². The molecule has 1 atom stereocenters. The molecule has 0 aliphatic carbocycles. The lowest BCUT2D eigenvalue weighted by Gasteiger charge is -2.25. The molecule has 2 rings (SSSR count). The Bertz CT molecular complexity index is 832. The molecule has 0 radical (unpaired) electrons. The van der Waals surface area contributed by atoms with Gasteiger partial charge < -0.3 is 5.32 Å². The molecule has 1 amide bonds. The van der Waals surface area contributed by atoms with Crippen LogP contribution in [-0.4, -0.2) is 23.5 Å². The summed E-state index contributed by atoms with van der Waals surface area (Å²) in [6, 6.07) is 15.0. The third-order valence-electron chi connectivity index (χ3n) is 3.46. The van der Waals surface area contributed by atoms with E-state index in [2.05, 4.69) is 5.32 Å². The van der Waals surface area contributed by atoms with Crippen molar-refractivity contribution in [2.75, 3.05) is 0 Å². The van der Waals surface area contributed by atoms with E-state index in [1.54, 1.807) is 36.4 Å². The van der Waals surface area contributed by atoms with E-state index in [4.69, 9.17) is 34.8 Å². The zero-order chi connectivity index (χ0) is 18.7. The van der Waals surface area contributed by atoms with Gasteiger partial charge in [-0.3, -0.25) is 4.79 Å². The van der Waals surface area contributed by atoms with E-state index < -0.39 is 24.9 Å². The van der Waals surface area contributed by atoms with E-state index in [1.807, 2.05) is 13.0 Å². The summed E-state index contributed by atoms with van der Waals surface area (Å²) in [4.78, 5) is 12.2. The number of carbonyl (C=O) groups excluding carboxylic acids is 1. The second kappa shape index (κ2) is 7.96. The number of benzene rings is 2. The van der Waals surface area contributed by atoms with Crippen molar-refractivity contribution in [3.63, 3.8) is 0 Å². The minimum absolute atomic E-state index is 0.0263. The molecule has 134 valence electrons. The van der Waals surface area contributed by atoms with Crippen LogP contribution in [0.4, 0.5) is 0 Å². The number of nitrogens with one attached hydrogen (secondary N) is 1. The van der Waals surface area contributed by atoms with E-state index in [1.165, 1.54) is 12.1 Å². The first-order valence-electron chi connectivity index (χ1n) is 7.31. The van der Waals surface area contributed by atoms with Crippen LogP contribution in [-0.2, 0) is 21.1 Å². The van der Waals surface area contributed by atoms with Gasteiger partial charge in [0.05, 0.1) is 11.3 Å². The number of carbonyl (C=O) groups is 1. The Hall–Kier alpha value is -1.27. The molecular weight excluding hydrogens is 405 g/mol. The van der Waals surface area contributed by atoms with Gasteiger partial charge in [-0.25, -0.2) is 8.42 Å². The van der Waals surface area contributed by atoms with Gasteiger partial charge in [0.2, 0.25) is 19.5 Å². The van der Waals surface area contributed by atoms with Crippen LogP contribution < -0.4 is 5.32 Å². The normalized spacial score (nSPS) is 13.3. The van der Waals surface area contributed by atoms with Crippen molar-refractivity contribution < 1.29 is 13.2 Å². The Labute approximate surface area is 162 Å². The van der Waals surface area contributed by atoms with Crippen molar-refractivity contribution in [3.05, 3.63) is 65.7 Å².